The maximum atomic E-state index is 13.3. The molecule has 0 atom stereocenters. The highest BCUT2D eigenvalue weighted by Gasteiger charge is 2.27. The predicted octanol–water partition coefficient (Wildman–Crippen LogP) is 3.07. The minimum Gasteiger partial charge on any atom is -0.505 e. The summed E-state index contributed by atoms with van der Waals surface area (Å²) in [7, 11) is 1.63. The van der Waals surface area contributed by atoms with Crippen LogP contribution in [0.15, 0.2) is 59.4 Å². The molecule has 9 heteroatoms. The zero-order chi connectivity index (χ0) is 25.4. The molecule has 1 saturated heterocycles. The number of para-hydroxylation sites is 1. The number of aryl methyl sites for hydroxylation is 2. The van der Waals surface area contributed by atoms with Gasteiger partial charge in [-0.05, 0) is 49.2 Å². The summed E-state index contributed by atoms with van der Waals surface area (Å²) >= 11 is 0. The van der Waals surface area contributed by atoms with Crippen molar-refractivity contribution in [1.29, 1.82) is 0 Å². The number of fused-ring (bicyclic) bond motifs is 1. The van der Waals surface area contributed by atoms with Crippen molar-refractivity contribution in [2.24, 2.45) is 0 Å². The molecule has 184 valence electrons. The van der Waals surface area contributed by atoms with Gasteiger partial charge in [0.2, 0.25) is 0 Å². The van der Waals surface area contributed by atoms with Gasteiger partial charge in [-0.1, -0.05) is 24.3 Å². The third kappa shape index (κ3) is 4.24. The number of pyridine rings is 1. The molecular weight excluding hydrogens is 458 g/mol. The Morgan fingerprint density at radius 2 is 1.75 bits per heavy atom. The highest BCUT2D eigenvalue weighted by Crippen LogP contribution is 2.29. The van der Waals surface area contributed by atoms with Gasteiger partial charge in [-0.25, -0.2) is 4.98 Å². The molecule has 2 aromatic carbocycles. The first-order chi connectivity index (χ1) is 17.4. The fraction of sp³-hybridized carbons (Fsp3) is 0.259. The first-order valence-corrected chi connectivity index (χ1v) is 11.7. The molecule has 1 N–H and O–H groups in total. The standard InChI is InChI=1S/C27H27N5O4/c1-17-6-4-7-19(14-17)32-24(34)16-21(33)26(29-32)27(35)31-12-10-30(11-13-31)23-15-18(2)20-8-5-9-22(36-3)25(20)28-23/h4-9,14-16,33H,10-13H2,1-3H3. The number of rotatable bonds is 4. The number of hydrogen-bond donors (Lipinski definition) is 1. The molecule has 9 nitrogen and oxygen atoms in total. The van der Waals surface area contributed by atoms with Crippen LogP contribution in [0.3, 0.4) is 0 Å². The number of ether oxygens (including phenoxy) is 1. The van der Waals surface area contributed by atoms with Crippen LogP contribution in [-0.4, -0.2) is 64.0 Å². The van der Waals surface area contributed by atoms with Crippen molar-refractivity contribution in [2.75, 3.05) is 38.2 Å². The van der Waals surface area contributed by atoms with Gasteiger partial charge >= 0.3 is 0 Å². The maximum Gasteiger partial charge on any atom is 0.278 e. The molecule has 0 radical (unpaired) electrons. The van der Waals surface area contributed by atoms with Crippen LogP contribution in [0, 0.1) is 13.8 Å². The van der Waals surface area contributed by atoms with E-state index in [0.29, 0.717) is 31.9 Å². The molecule has 1 amide bonds. The second kappa shape index (κ2) is 9.33. The highest BCUT2D eigenvalue weighted by molar-refractivity contribution is 5.95. The van der Waals surface area contributed by atoms with Gasteiger partial charge in [0.25, 0.3) is 11.5 Å². The van der Waals surface area contributed by atoms with Crippen LogP contribution in [0.2, 0.25) is 0 Å². The minimum absolute atomic E-state index is 0.144. The van der Waals surface area contributed by atoms with Gasteiger partial charge in [0, 0.05) is 37.6 Å². The first-order valence-electron chi connectivity index (χ1n) is 11.7. The van der Waals surface area contributed by atoms with E-state index in [1.54, 1.807) is 24.1 Å². The summed E-state index contributed by atoms with van der Waals surface area (Å²) in [5.41, 5.74) is 2.74. The Morgan fingerprint density at radius 1 is 1.00 bits per heavy atom. The quantitative estimate of drug-likeness (QED) is 0.474. The number of carbonyl (C=O) groups is 1. The molecule has 0 aliphatic carbocycles. The van der Waals surface area contributed by atoms with E-state index >= 15 is 0 Å². The number of methoxy groups -OCH3 is 1. The zero-order valence-corrected chi connectivity index (χ0v) is 20.4. The molecule has 5 rings (SSSR count). The first kappa shape index (κ1) is 23.3. The molecule has 2 aromatic heterocycles. The Bertz CT molecular complexity index is 1520. The molecule has 1 aliphatic heterocycles. The summed E-state index contributed by atoms with van der Waals surface area (Å²) in [6, 6.07) is 16.2. The van der Waals surface area contributed by atoms with E-state index in [4.69, 9.17) is 9.72 Å². The van der Waals surface area contributed by atoms with E-state index < -0.39 is 17.2 Å². The molecule has 1 aliphatic rings. The number of anilines is 1. The largest absolute Gasteiger partial charge is 0.505 e. The maximum absolute atomic E-state index is 13.3. The number of piperazine rings is 1. The van der Waals surface area contributed by atoms with Crippen molar-refractivity contribution >= 4 is 22.6 Å². The van der Waals surface area contributed by atoms with Gasteiger partial charge in [-0.3, -0.25) is 9.59 Å². The van der Waals surface area contributed by atoms with Gasteiger partial charge in [-0.2, -0.15) is 9.78 Å². The summed E-state index contributed by atoms with van der Waals surface area (Å²) in [5, 5.41) is 15.6. The van der Waals surface area contributed by atoms with Gasteiger partial charge in [0.1, 0.15) is 17.1 Å². The lowest BCUT2D eigenvalue weighted by molar-refractivity contribution is 0.0735. The lowest BCUT2D eigenvalue weighted by Crippen LogP contribution is -2.49. The van der Waals surface area contributed by atoms with Gasteiger partial charge in [-0.15, -0.1) is 0 Å². The number of aromatic nitrogens is 3. The predicted molar refractivity (Wildman–Crippen MR) is 137 cm³/mol. The summed E-state index contributed by atoms with van der Waals surface area (Å²) in [6.07, 6.45) is 0. The molecule has 36 heavy (non-hydrogen) atoms. The normalized spacial score (nSPS) is 13.8. The second-order valence-corrected chi connectivity index (χ2v) is 8.90. The molecule has 4 aromatic rings. The van der Waals surface area contributed by atoms with Crippen LogP contribution in [0.25, 0.3) is 16.6 Å². The number of nitrogens with zero attached hydrogens (tertiary/aromatic N) is 5. The molecule has 1 fully saturated rings. The summed E-state index contributed by atoms with van der Waals surface area (Å²) < 4.78 is 6.65. The zero-order valence-electron chi connectivity index (χ0n) is 20.4. The van der Waals surface area contributed by atoms with Crippen LogP contribution in [-0.2, 0) is 0 Å². The van der Waals surface area contributed by atoms with Crippen molar-refractivity contribution in [1.82, 2.24) is 19.7 Å². The Morgan fingerprint density at radius 3 is 2.47 bits per heavy atom. The van der Waals surface area contributed by atoms with Gasteiger partial charge in [0.05, 0.1) is 12.8 Å². The monoisotopic (exact) mass is 485 g/mol. The molecule has 0 spiro atoms. The van der Waals surface area contributed by atoms with E-state index in [9.17, 15) is 14.7 Å². The van der Waals surface area contributed by atoms with Crippen molar-refractivity contribution in [3.8, 4) is 17.2 Å². The van der Waals surface area contributed by atoms with Crippen molar-refractivity contribution in [3.63, 3.8) is 0 Å². The van der Waals surface area contributed by atoms with Crippen molar-refractivity contribution in [2.45, 2.75) is 13.8 Å². The van der Waals surface area contributed by atoms with Crippen LogP contribution >= 0.6 is 0 Å². The fourth-order valence-electron chi connectivity index (χ4n) is 4.53. The van der Waals surface area contributed by atoms with Crippen LogP contribution in [0.5, 0.6) is 11.5 Å². The Labute approximate surface area is 208 Å². The lowest BCUT2D eigenvalue weighted by atomic mass is 10.1. The topological polar surface area (TPSA) is 101 Å². The van der Waals surface area contributed by atoms with E-state index in [-0.39, 0.29) is 5.69 Å². The number of hydrogen-bond acceptors (Lipinski definition) is 7. The van der Waals surface area contributed by atoms with Crippen LogP contribution < -0.4 is 15.2 Å². The molecule has 0 bridgehead atoms. The lowest BCUT2D eigenvalue weighted by Gasteiger charge is -2.35. The third-order valence-corrected chi connectivity index (χ3v) is 6.47. The minimum atomic E-state index is -0.507. The van der Waals surface area contributed by atoms with Crippen LogP contribution in [0.1, 0.15) is 21.6 Å². The van der Waals surface area contributed by atoms with Gasteiger partial charge in [0.15, 0.2) is 11.4 Å². The van der Waals surface area contributed by atoms with E-state index in [0.717, 1.165) is 44.3 Å². The molecule has 0 saturated carbocycles. The van der Waals surface area contributed by atoms with Crippen molar-refractivity contribution in [3.05, 3.63) is 81.8 Å². The number of aromatic hydroxyl groups is 1. The van der Waals surface area contributed by atoms with Crippen molar-refractivity contribution < 1.29 is 14.6 Å². The average Bonchev–Trinajstić information content (AvgIpc) is 2.88. The third-order valence-electron chi connectivity index (χ3n) is 6.47. The Hall–Kier alpha value is -4.40. The fourth-order valence-corrected chi connectivity index (χ4v) is 4.53. The van der Waals surface area contributed by atoms with E-state index in [2.05, 4.69) is 10.00 Å². The van der Waals surface area contributed by atoms with E-state index in [1.165, 1.54) is 0 Å². The smallest absolute Gasteiger partial charge is 0.278 e. The average molecular weight is 486 g/mol. The van der Waals surface area contributed by atoms with E-state index in [1.807, 2.05) is 50.2 Å². The second-order valence-electron chi connectivity index (χ2n) is 8.90. The molecular formula is C27H27N5O4. The number of benzene rings is 2. The molecule has 0 unspecified atom stereocenters. The summed E-state index contributed by atoms with van der Waals surface area (Å²) in [4.78, 5) is 34.3. The Balaban J connectivity index is 1.37. The summed E-state index contributed by atoms with van der Waals surface area (Å²) in [6.45, 7) is 5.93. The number of amides is 1. The SMILES string of the molecule is COc1cccc2c(C)cc(N3CCN(C(=O)c4nn(-c5cccc(C)c5)c(=O)cc4O)CC3)nc12. The Kier molecular flexibility index (Phi) is 6.05. The number of carbonyl (C=O) groups excluding carboxylic acids is 1. The highest BCUT2D eigenvalue weighted by atomic mass is 16.5. The summed E-state index contributed by atoms with van der Waals surface area (Å²) in [5.74, 6) is 0.704. The molecule has 3 heterocycles. The van der Waals surface area contributed by atoms with Crippen LogP contribution in [0.4, 0.5) is 5.82 Å². The van der Waals surface area contributed by atoms with Gasteiger partial charge < -0.3 is 19.6 Å².